The van der Waals surface area contributed by atoms with Crippen LogP contribution in [0.2, 0.25) is 0 Å². The molecule has 4 nitrogen and oxygen atoms in total. The molecule has 0 N–H and O–H groups in total. The minimum Gasteiger partial charge on any atom is -0.522 e. The molecule has 1 aromatic heterocycles. The van der Waals surface area contributed by atoms with Gasteiger partial charge in [-0.05, 0) is 31.4 Å². The molecule has 1 atom stereocenters. The maximum absolute atomic E-state index is 13.4. The summed E-state index contributed by atoms with van der Waals surface area (Å²) < 4.78 is 45.7. The molecule has 0 amide bonds. The van der Waals surface area contributed by atoms with Gasteiger partial charge in [-0.15, -0.1) is 0 Å². The summed E-state index contributed by atoms with van der Waals surface area (Å²) in [5, 5.41) is 0.295. The van der Waals surface area contributed by atoms with Crippen LogP contribution in [0.25, 0.3) is 0 Å². The van der Waals surface area contributed by atoms with Gasteiger partial charge in [0.2, 0.25) is 0 Å². The summed E-state index contributed by atoms with van der Waals surface area (Å²) in [6.45, 7) is 1.87. The zero-order valence-corrected chi connectivity index (χ0v) is 12.1. The van der Waals surface area contributed by atoms with Crippen LogP contribution in [0.1, 0.15) is 18.4 Å². The number of hydrogen-bond donors (Lipinski definition) is 0. The van der Waals surface area contributed by atoms with Crippen molar-refractivity contribution < 1.29 is 17.6 Å². The number of aryl methyl sites for hydroxylation is 1. The quantitative estimate of drug-likeness (QED) is 0.747. The highest BCUT2D eigenvalue weighted by Crippen LogP contribution is 2.60. The second-order valence-electron chi connectivity index (χ2n) is 5.54. The molecule has 0 spiro atoms. The average molecular weight is 310 g/mol. The minimum absolute atomic E-state index is 0.129. The Kier molecular flexibility index (Phi) is 2.44. The molecule has 1 saturated carbocycles. The Hall–Kier alpha value is -1.70. The number of hydrogen-bond acceptors (Lipinski definition) is 4. The number of nitrogens with zero attached hydrogens (tertiary/aromatic N) is 3. The Bertz CT molecular complexity index is 682. The molecule has 4 rings (SSSR count). The maximum atomic E-state index is 13.4. The van der Waals surface area contributed by atoms with Crippen molar-refractivity contribution >= 4 is 32.4 Å². The predicted molar refractivity (Wildman–Crippen MR) is 73.0 cm³/mol. The first-order valence-electron chi connectivity index (χ1n) is 6.58. The van der Waals surface area contributed by atoms with Gasteiger partial charge >= 0.3 is 15.6 Å². The number of aliphatic imine (C=N–C) groups is 1. The van der Waals surface area contributed by atoms with Crippen molar-refractivity contribution in [2.75, 3.05) is 4.90 Å². The average Bonchev–Trinajstić information content (AvgIpc) is 3.12. The molecule has 1 radical (unpaired) electrons. The van der Waals surface area contributed by atoms with Crippen molar-refractivity contribution in [2.45, 2.75) is 32.2 Å². The van der Waals surface area contributed by atoms with Gasteiger partial charge < -0.3 is 4.43 Å². The van der Waals surface area contributed by atoms with Crippen LogP contribution in [0.4, 0.5) is 24.7 Å². The van der Waals surface area contributed by atoms with Gasteiger partial charge in [0.1, 0.15) is 11.1 Å². The van der Waals surface area contributed by atoms with Crippen LogP contribution in [0.5, 0.6) is 0 Å². The highest BCUT2D eigenvalue weighted by molar-refractivity contribution is 6.56. The lowest BCUT2D eigenvalue weighted by atomic mass is 10.0. The number of aromatic nitrogens is 1. The van der Waals surface area contributed by atoms with Gasteiger partial charge in [0.05, 0.1) is 11.5 Å². The highest BCUT2D eigenvalue weighted by atomic mass is 28.2. The van der Waals surface area contributed by atoms with Crippen molar-refractivity contribution in [1.82, 2.24) is 4.98 Å². The van der Waals surface area contributed by atoms with Gasteiger partial charge in [-0.2, -0.15) is 13.2 Å². The summed E-state index contributed by atoms with van der Waals surface area (Å²) in [6, 6.07) is 1.82. The van der Waals surface area contributed by atoms with Gasteiger partial charge in [0, 0.05) is 6.20 Å². The van der Waals surface area contributed by atoms with Crippen LogP contribution < -0.4 is 4.90 Å². The normalized spacial score (nSPS) is 25.0. The molecule has 109 valence electrons. The van der Waals surface area contributed by atoms with Gasteiger partial charge in [-0.1, -0.05) is 0 Å². The number of rotatable bonds is 1. The first-order chi connectivity index (χ1) is 9.92. The zero-order chi connectivity index (χ0) is 14.8. The SMILES string of the molecule is Cc1cnc2c(c1)N=CC1O[Si]=C(C3(C(F)(F)F)CC3)N21. The number of anilines is 1. The molecule has 0 saturated heterocycles. The second-order valence-corrected chi connectivity index (χ2v) is 6.46. The molecular weight excluding hydrogens is 299 g/mol. The fourth-order valence-electron chi connectivity index (χ4n) is 2.75. The van der Waals surface area contributed by atoms with Crippen LogP contribution in [-0.4, -0.2) is 38.3 Å². The van der Waals surface area contributed by atoms with Crippen LogP contribution in [0, 0.1) is 12.3 Å². The summed E-state index contributed by atoms with van der Waals surface area (Å²) in [4.78, 5) is 10.1. The molecule has 1 unspecified atom stereocenters. The summed E-state index contributed by atoms with van der Waals surface area (Å²) in [6.07, 6.45) is -1.36. The first-order valence-corrected chi connectivity index (χ1v) is 7.49. The Morgan fingerprint density at radius 2 is 2.19 bits per heavy atom. The van der Waals surface area contributed by atoms with Crippen LogP contribution >= 0.6 is 0 Å². The molecule has 3 aliphatic rings. The third-order valence-corrected chi connectivity index (χ3v) is 5.34. The minimum atomic E-state index is -4.24. The second kappa shape index (κ2) is 3.94. The lowest BCUT2D eigenvalue weighted by molar-refractivity contribution is -0.165. The lowest BCUT2D eigenvalue weighted by Gasteiger charge is -2.33. The molecule has 8 heteroatoms. The van der Waals surface area contributed by atoms with E-state index in [9.17, 15) is 13.2 Å². The molecular formula is C13H11F3N3OSi. The van der Waals surface area contributed by atoms with E-state index < -0.39 is 17.8 Å². The topological polar surface area (TPSA) is 37.7 Å². The molecule has 21 heavy (non-hydrogen) atoms. The molecule has 0 bridgehead atoms. The van der Waals surface area contributed by atoms with Crippen LogP contribution in [0.15, 0.2) is 17.3 Å². The van der Waals surface area contributed by atoms with Crippen molar-refractivity contribution in [3.05, 3.63) is 17.8 Å². The molecule has 1 aromatic rings. The molecule has 3 heterocycles. The number of alkyl halides is 3. The number of halogens is 3. The van der Waals surface area contributed by atoms with E-state index in [1.807, 2.05) is 13.0 Å². The van der Waals surface area contributed by atoms with Gasteiger partial charge in [0.15, 0.2) is 12.0 Å². The van der Waals surface area contributed by atoms with E-state index >= 15 is 0 Å². The van der Waals surface area contributed by atoms with E-state index in [4.69, 9.17) is 4.43 Å². The Morgan fingerprint density at radius 3 is 2.86 bits per heavy atom. The van der Waals surface area contributed by atoms with E-state index in [0.717, 1.165) is 5.56 Å². The van der Waals surface area contributed by atoms with Crippen LogP contribution in [0.3, 0.4) is 0 Å². The monoisotopic (exact) mass is 310 g/mol. The zero-order valence-electron chi connectivity index (χ0n) is 11.1. The summed E-state index contributed by atoms with van der Waals surface area (Å²) in [5.74, 6) is 0.462. The molecule has 1 aliphatic carbocycles. The van der Waals surface area contributed by atoms with Crippen molar-refractivity contribution in [3.63, 3.8) is 0 Å². The molecule has 1 fully saturated rings. The first kappa shape index (κ1) is 13.0. The van der Waals surface area contributed by atoms with E-state index in [-0.39, 0.29) is 22.2 Å². The Labute approximate surface area is 121 Å². The summed E-state index contributed by atoms with van der Waals surface area (Å²) >= 11 is 0. The molecule has 0 aromatic carbocycles. The van der Waals surface area contributed by atoms with Crippen molar-refractivity contribution in [2.24, 2.45) is 10.4 Å². The van der Waals surface area contributed by atoms with Gasteiger partial charge in [-0.3, -0.25) is 9.89 Å². The third-order valence-electron chi connectivity index (χ3n) is 4.07. The smallest absolute Gasteiger partial charge is 0.399 e. The van der Waals surface area contributed by atoms with Crippen molar-refractivity contribution in [3.8, 4) is 0 Å². The van der Waals surface area contributed by atoms with E-state index in [1.54, 1.807) is 17.3 Å². The van der Waals surface area contributed by atoms with Gasteiger partial charge in [-0.25, -0.2) is 4.98 Å². The third kappa shape index (κ3) is 1.71. The Morgan fingerprint density at radius 1 is 1.43 bits per heavy atom. The van der Waals surface area contributed by atoms with E-state index in [0.29, 0.717) is 16.8 Å². The lowest BCUT2D eigenvalue weighted by Crippen LogP contribution is -2.47. The standard InChI is InChI=1S/C13H11F3N3OSi/c1-7-4-8-10(18-5-7)19-9(6-17-8)20-21-11(19)12(2-3-12)13(14,15)16/h4-6,9H,2-3H2,1H3. The van der Waals surface area contributed by atoms with Crippen LogP contribution in [-0.2, 0) is 4.43 Å². The van der Waals surface area contributed by atoms with Gasteiger partial charge in [0.25, 0.3) is 0 Å². The maximum Gasteiger partial charge on any atom is 0.399 e. The fourth-order valence-corrected chi connectivity index (χ4v) is 4.07. The predicted octanol–water partition coefficient (Wildman–Crippen LogP) is 2.36. The van der Waals surface area contributed by atoms with E-state index in [1.165, 1.54) is 0 Å². The van der Waals surface area contributed by atoms with E-state index in [2.05, 4.69) is 9.98 Å². The summed E-state index contributed by atoms with van der Waals surface area (Å²) in [7, 11) is -0.298. The fraction of sp³-hybridized carbons (Fsp3) is 0.462. The summed E-state index contributed by atoms with van der Waals surface area (Å²) in [5.41, 5.74) is -0.211. The molecule has 2 aliphatic heterocycles. The van der Waals surface area contributed by atoms with Crippen molar-refractivity contribution in [1.29, 1.82) is 0 Å². The Balaban J connectivity index is 1.80. The number of pyridine rings is 1. The number of fused-ring (bicyclic) bond motifs is 3. The largest absolute Gasteiger partial charge is 0.522 e. The highest BCUT2D eigenvalue weighted by Gasteiger charge is 2.68.